The number of carbonyl (C=O) groups is 1. The highest BCUT2D eigenvalue weighted by Gasteiger charge is 2.43. The minimum Gasteiger partial charge on any atom is -0.480 e. The molecule has 0 radical (unpaired) electrons. The molecule has 0 heterocycles. The molecule has 0 aromatic rings. The quantitative estimate of drug-likeness (QED) is 0.778. The van der Waals surface area contributed by atoms with Crippen molar-refractivity contribution in [2.45, 2.75) is 65.3 Å². The van der Waals surface area contributed by atoms with Crippen molar-refractivity contribution < 1.29 is 9.90 Å². The molecule has 0 aromatic carbocycles. The Hall–Kier alpha value is -0.570. The molecule has 3 nitrogen and oxygen atoms in total. The average molecular weight is 241 g/mol. The van der Waals surface area contributed by atoms with Crippen LogP contribution in [-0.4, -0.2) is 23.2 Å². The summed E-state index contributed by atoms with van der Waals surface area (Å²) in [5.74, 6) is -0.00858. The molecule has 0 amide bonds. The van der Waals surface area contributed by atoms with E-state index in [2.05, 4.69) is 26.1 Å². The highest BCUT2D eigenvalue weighted by molar-refractivity contribution is 5.78. The predicted octanol–water partition coefficient (Wildman–Crippen LogP) is 3.05. The largest absolute Gasteiger partial charge is 0.480 e. The van der Waals surface area contributed by atoms with Gasteiger partial charge in [-0.05, 0) is 43.6 Å². The number of hydrogen-bond acceptors (Lipinski definition) is 2. The van der Waals surface area contributed by atoms with Crippen LogP contribution in [0.2, 0.25) is 0 Å². The third kappa shape index (κ3) is 3.01. The number of rotatable bonds is 5. The van der Waals surface area contributed by atoms with Crippen molar-refractivity contribution in [3.05, 3.63) is 0 Å². The fourth-order valence-electron chi connectivity index (χ4n) is 2.99. The number of nitrogens with one attached hydrogen (secondary N) is 1. The summed E-state index contributed by atoms with van der Waals surface area (Å²) in [6.45, 7) is 9.54. The third-order valence-corrected chi connectivity index (χ3v) is 4.78. The summed E-state index contributed by atoms with van der Waals surface area (Å²) >= 11 is 0. The summed E-state index contributed by atoms with van der Waals surface area (Å²) in [5.41, 5.74) is -0.314. The Bertz CT molecular complexity index is 265. The zero-order valence-electron chi connectivity index (χ0n) is 11.7. The second-order valence-corrected chi connectivity index (χ2v) is 6.03. The van der Waals surface area contributed by atoms with Gasteiger partial charge >= 0.3 is 5.97 Å². The molecule has 1 aliphatic carbocycles. The summed E-state index contributed by atoms with van der Waals surface area (Å²) in [7, 11) is 0. The molecule has 1 fully saturated rings. The van der Waals surface area contributed by atoms with Crippen LogP contribution in [-0.2, 0) is 4.79 Å². The van der Waals surface area contributed by atoms with Gasteiger partial charge in [0.25, 0.3) is 0 Å². The first-order chi connectivity index (χ1) is 7.88. The van der Waals surface area contributed by atoms with E-state index in [9.17, 15) is 9.90 Å². The van der Waals surface area contributed by atoms with Crippen molar-refractivity contribution in [3.63, 3.8) is 0 Å². The molecule has 1 rings (SSSR count). The van der Waals surface area contributed by atoms with E-state index < -0.39 is 11.5 Å². The van der Waals surface area contributed by atoms with Crippen molar-refractivity contribution in [1.29, 1.82) is 0 Å². The Kier molecular flexibility index (Phi) is 4.59. The number of hydrogen-bond donors (Lipinski definition) is 2. The lowest BCUT2D eigenvalue weighted by atomic mass is 9.65. The highest BCUT2D eigenvalue weighted by Crippen LogP contribution is 2.43. The lowest BCUT2D eigenvalue weighted by Gasteiger charge is -2.43. The normalized spacial score (nSPS) is 30.2. The molecule has 0 aromatic heterocycles. The number of aliphatic carboxylic acids is 1. The first kappa shape index (κ1) is 14.5. The Morgan fingerprint density at radius 2 is 1.88 bits per heavy atom. The van der Waals surface area contributed by atoms with Gasteiger partial charge in [0, 0.05) is 0 Å². The number of carboxylic acid groups (broad SMARTS) is 1. The first-order valence-corrected chi connectivity index (χ1v) is 6.86. The first-order valence-electron chi connectivity index (χ1n) is 6.86. The molecule has 17 heavy (non-hydrogen) atoms. The topological polar surface area (TPSA) is 49.3 Å². The molecule has 100 valence electrons. The summed E-state index contributed by atoms with van der Waals surface area (Å²) in [6, 6.07) is 0. The van der Waals surface area contributed by atoms with Crippen LogP contribution in [0.15, 0.2) is 0 Å². The van der Waals surface area contributed by atoms with E-state index in [0.29, 0.717) is 11.3 Å². The molecule has 2 N–H and O–H groups in total. The molecular formula is C14H27NO2. The molecular weight excluding hydrogens is 214 g/mol. The fourth-order valence-corrected chi connectivity index (χ4v) is 2.99. The molecule has 0 bridgehead atoms. The Balaban J connectivity index is 2.68. The van der Waals surface area contributed by atoms with Crippen LogP contribution in [0.1, 0.15) is 59.8 Å². The zero-order chi connectivity index (χ0) is 13.1. The maximum atomic E-state index is 11.4. The maximum Gasteiger partial charge on any atom is 0.323 e. The van der Waals surface area contributed by atoms with Gasteiger partial charge in [0.1, 0.15) is 5.54 Å². The van der Waals surface area contributed by atoms with Gasteiger partial charge in [0.05, 0.1) is 0 Å². The molecule has 3 heteroatoms. The van der Waals surface area contributed by atoms with E-state index in [1.54, 1.807) is 0 Å². The van der Waals surface area contributed by atoms with Crippen LogP contribution in [0.25, 0.3) is 0 Å². The number of carboxylic acids is 1. The van der Waals surface area contributed by atoms with Crippen LogP contribution < -0.4 is 5.32 Å². The molecule has 0 saturated heterocycles. The summed E-state index contributed by atoms with van der Waals surface area (Å²) in [5, 5.41) is 12.6. The monoisotopic (exact) mass is 241 g/mol. The van der Waals surface area contributed by atoms with Crippen molar-refractivity contribution >= 4 is 5.97 Å². The fraction of sp³-hybridized carbons (Fsp3) is 0.929. The van der Waals surface area contributed by atoms with Crippen molar-refractivity contribution in [3.8, 4) is 0 Å². The van der Waals surface area contributed by atoms with Crippen molar-refractivity contribution in [2.75, 3.05) is 6.54 Å². The second kappa shape index (κ2) is 5.38. The smallest absolute Gasteiger partial charge is 0.323 e. The van der Waals surface area contributed by atoms with E-state index in [1.807, 2.05) is 6.92 Å². The van der Waals surface area contributed by atoms with Gasteiger partial charge < -0.3 is 10.4 Å². The van der Waals surface area contributed by atoms with Crippen LogP contribution in [0.4, 0.5) is 0 Å². The summed E-state index contributed by atoms with van der Waals surface area (Å²) in [4.78, 5) is 11.4. The minimum absolute atomic E-state index is 0.344. The summed E-state index contributed by atoms with van der Waals surface area (Å²) < 4.78 is 0. The lowest BCUT2D eigenvalue weighted by Crippen LogP contribution is -2.54. The van der Waals surface area contributed by atoms with Crippen LogP contribution >= 0.6 is 0 Å². The van der Waals surface area contributed by atoms with E-state index >= 15 is 0 Å². The SMILES string of the molecule is CCNC1(C(=O)O)CCC(C(C)(C)CC)CC1. The summed E-state index contributed by atoms with van der Waals surface area (Å²) in [6.07, 6.45) is 4.76. The number of likely N-dealkylation sites (N-methyl/N-ethyl adjacent to an activating group) is 1. The van der Waals surface area contributed by atoms with E-state index in [0.717, 1.165) is 32.2 Å². The molecule has 0 aliphatic heterocycles. The third-order valence-electron chi connectivity index (χ3n) is 4.78. The van der Waals surface area contributed by atoms with Gasteiger partial charge in [0.2, 0.25) is 0 Å². The Labute approximate surface area is 105 Å². The Morgan fingerprint density at radius 3 is 2.24 bits per heavy atom. The van der Waals surface area contributed by atoms with Gasteiger partial charge in [-0.3, -0.25) is 4.79 Å². The standard InChI is InChI=1S/C14H27NO2/c1-5-13(3,4)11-7-9-14(10-8-11,12(16)17)15-6-2/h11,15H,5-10H2,1-4H3,(H,16,17). The van der Waals surface area contributed by atoms with E-state index in [1.165, 1.54) is 6.42 Å². The van der Waals surface area contributed by atoms with Crippen LogP contribution in [0.5, 0.6) is 0 Å². The van der Waals surface area contributed by atoms with Crippen LogP contribution in [0.3, 0.4) is 0 Å². The van der Waals surface area contributed by atoms with Gasteiger partial charge in [-0.15, -0.1) is 0 Å². The van der Waals surface area contributed by atoms with Gasteiger partial charge in [-0.1, -0.05) is 34.1 Å². The zero-order valence-corrected chi connectivity index (χ0v) is 11.7. The minimum atomic E-state index is -0.674. The molecule has 0 unspecified atom stereocenters. The maximum absolute atomic E-state index is 11.4. The van der Waals surface area contributed by atoms with Crippen molar-refractivity contribution in [1.82, 2.24) is 5.32 Å². The van der Waals surface area contributed by atoms with E-state index in [-0.39, 0.29) is 0 Å². The van der Waals surface area contributed by atoms with Crippen LogP contribution in [0, 0.1) is 11.3 Å². The van der Waals surface area contributed by atoms with Crippen molar-refractivity contribution in [2.24, 2.45) is 11.3 Å². The van der Waals surface area contributed by atoms with Gasteiger partial charge in [-0.25, -0.2) is 0 Å². The predicted molar refractivity (Wildman–Crippen MR) is 70.1 cm³/mol. The Morgan fingerprint density at radius 1 is 1.35 bits per heavy atom. The van der Waals surface area contributed by atoms with Gasteiger partial charge in [-0.2, -0.15) is 0 Å². The highest BCUT2D eigenvalue weighted by atomic mass is 16.4. The molecule has 1 aliphatic rings. The van der Waals surface area contributed by atoms with E-state index in [4.69, 9.17) is 0 Å². The molecule has 1 saturated carbocycles. The molecule has 0 atom stereocenters. The second-order valence-electron chi connectivity index (χ2n) is 6.03. The van der Waals surface area contributed by atoms with Gasteiger partial charge in [0.15, 0.2) is 0 Å². The lowest BCUT2D eigenvalue weighted by molar-refractivity contribution is -0.147. The molecule has 0 spiro atoms. The average Bonchev–Trinajstić information content (AvgIpc) is 2.30.